The van der Waals surface area contributed by atoms with Gasteiger partial charge in [0.1, 0.15) is 11.5 Å². The Morgan fingerprint density at radius 2 is 1.36 bits per heavy atom. The molecule has 4 rings (SSSR count). The summed E-state index contributed by atoms with van der Waals surface area (Å²) in [7, 11) is 1.65. The SMILES string of the molecule is COc1ccc2c(c1)CCCC2=O.O=C1CCCc2cc(O)ccc21. The number of hydrogen-bond donors (Lipinski definition) is 1. The molecule has 0 aromatic heterocycles. The molecule has 2 aliphatic carbocycles. The number of ketones is 2. The molecule has 0 bridgehead atoms. The monoisotopic (exact) mass is 338 g/mol. The van der Waals surface area contributed by atoms with E-state index in [9.17, 15) is 9.59 Å². The van der Waals surface area contributed by atoms with Crippen LogP contribution in [0.4, 0.5) is 0 Å². The molecule has 2 aromatic rings. The highest BCUT2D eigenvalue weighted by atomic mass is 16.5. The third-order valence-electron chi connectivity index (χ3n) is 4.70. The van der Waals surface area contributed by atoms with Crippen LogP contribution in [-0.2, 0) is 12.8 Å². The van der Waals surface area contributed by atoms with Gasteiger partial charge in [-0.05, 0) is 73.2 Å². The summed E-state index contributed by atoms with van der Waals surface area (Å²) >= 11 is 0. The number of ether oxygens (including phenoxy) is 1. The fourth-order valence-corrected chi connectivity index (χ4v) is 3.38. The summed E-state index contributed by atoms with van der Waals surface area (Å²) in [5.74, 6) is 1.57. The molecule has 1 N–H and O–H groups in total. The predicted molar refractivity (Wildman–Crippen MR) is 95.6 cm³/mol. The van der Waals surface area contributed by atoms with Crippen LogP contribution in [0, 0.1) is 0 Å². The highest BCUT2D eigenvalue weighted by Crippen LogP contribution is 2.25. The van der Waals surface area contributed by atoms with E-state index in [-0.39, 0.29) is 17.3 Å². The van der Waals surface area contributed by atoms with Crippen LogP contribution >= 0.6 is 0 Å². The van der Waals surface area contributed by atoms with E-state index in [1.807, 2.05) is 18.2 Å². The molecule has 0 fully saturated rings. The van der Waals surface area contributed by atoms with Crippen molar-refractivity contribution in [1.29, 1.82) is 0 Å². The lowest BCUT2D eigenvalue weighted by Gasteiger charge is -2.14. The predicted octanol–water partition coefficient (Wildman–Crippen LogP) is 4.13. The van der Waals surface area contributed by atoms with Crippen molar-refractivity contribution in [3.8, 4) is 11.5 Å². The van der Waals surface area contributed by atoms with Crippen LogP contribution in [0.3, 0.4) is 0 Å². The lowest BCUT2D eigenvalue weighted by molar-refractivity contribution is 0.0964. The Kier molecular flexibility index (Phi) is 5.17. The van der Waals surface area contributed by atoms with E-state index in [0.717, 1.165) is 53.7 Å². The number of benzene rings is 2. The van der Waals surface area contributed by atoms with Gasteiger partial charge in [-0.2, -0.15) is 0 Å². The lowest BCUT2D eigenvalue weighted by atomic mass is 9.91. The van der Waals surface area contributed by atoms with E-state index in [2.05, 4.69) is 0 Å². The Morgan fingerprint density at radius 3 is 1.96 bits per heavy atom. The van der Waals surface area contributed by atoms with Gasteiger partial charge in [-0.3, -0.25) is 9.59 Å². The van der Waals surface area contributed by atoms with Crippen molar-refractivity contribution in [2.24, 2.45) is 0 Å². The molecule has 4 heteroatoms. The molecule has 2 aliphatic rings. The molecule has 2 aromatic carbocycles. The second-order valence-electron chi connectivity index (χ2n) is 6.42. The quantitative estimate of drug-likeness (QED) is 0.849. The summed E-state index contributed by atoms with van der Waals surface area (Å²) in [6.45, 7) is 0. The minimum Gasteiger partial charge on any atom is -0.508 e. The van der Waals surface area contributed by atoms with E-state index in [4.69, 9.17) is 9.84 Å². The number of carbonyl (C=O) groups excluding carboxylic acids is 2. The van der Waals surface area contributed by atoms with Gasteiger partial charge in [-0.15, -0.1) is 0 Å². The number of methoxy groups -OCH3 is 1. The molecule has 0 aliphatic heterocycles. The van der Waals surface area contributed by atoms with Crippen LogP contribution < -0.4 is 4.74 Å². The van der Waals surface area contributed by atoms with Crippen molar-refractivity contribution in [2.45, 2.75) is 38.5 Å². The van der Waals surface area contributed by atoms with Gasteiger partial charge in [0.05, 0.1) is 7.11 Å². The fraction of sp³-hybridized carbons (Fsp3) is 0.333. The Bertz CT molecular complexity index is 808. The van der Waals surface area contributed by atoms with Crippen molar-refractivity contribution < 1.29 is 19.4 Å². The normalized spacial score (nSPS) is 15.6. The first-order valence-electron chi connectivity index (χ1n) is 8.63. The third-order valence-corrected chi connectivity index (χ3v) is 4.70. The van der Waals surface area contributed by atoms with Gasteiger partial charge in [0.25, 0.3) is 0 Å². The molecule has 0 saturated heterocycles. The minimum atomic E-state index is 0.205. The summed E-state index contributed by atoms with van der Waals surface area (Å²) in [6.07, 6.45) is 5.14. The highest BCUT2D eigenvalue weighted by molar-refractivity contribution is 5.99. The van der Waals surface area contributed by atoms with Crippen molar-refractivity contribution in [3.05, 3.63) is 58.7 Å². The van der Waals surface area contributed by atoms with Crippen LogP contribution in [0.25, 0.3) is 0 Å². The summed E-state index contributed by atoms with van der Waals surface area (Å²) in [5.41, 5.74) is 3.80. The molecule has 0 spiro atoms. The van der Waals surface area contributed by atoms with Gasteiger partial charge in [0.15, 0.2) is 11.6 Å². The molecule has 130 valence electrons. The maximum Gasteiger partial charge on any atom is 0.163 e. The van der Waals surface area contributed by atoms with Crippen LogP contribution in [-0.4, -0.2) is 23.8 Å². The Balaban J connectivity index is 0.000000146. The van der Waals surface area contributed by atoms with Gasteiger partial charge in [0, 0.05) is 24.0 Å². The lowest BCUT2D eigenvalue weighted by Crippen LogP contribution is -2.10. The number of carbonyl (C=O) groups is 2. The molecular weight excluding hydrogens is 316 g/mol. The Morgan fingerprint density at radius 1 is 0.800 bits per heavy atom. The minimum absolute atomic E-state index is 0.205. The molecule has 0 radical (unpaired) electrons. The molecule has 0 saturated carbocycles. The van der Waals surface area contributed by atoms with Crippen molar-refractivity contribution in [1.82, 2.24) is 0 Å². The smallest absolute Gasteiger partial charge is 0.163 e. The average molecular weight is 338 g/mol. The number of aromatic hydroxyl groups is 1. The standard InChI is InChI=1S/C11H12O2.C10H10O2/c1-13-9-5-6-10-8(7-9)3-2-4-11(10)12;11-8-4-5-9-7(6-8)2-1-3-10(9)12/h5-7H,2-4H2,1H3;4-6,11H,1-3H2. The van der Waals surface area contributed by atoms with E-state index in [0.29, 0.717) is 12.8 Å². The molecule has 4 nitrogen and oxygen atoms in total. The number of Topliss-reactive ketones (excluding diaryl/α,β-unsaturated/α-hetero) is 2. The first-order chi connectivity index (χ1) is 12.1. The second kappa shape index (κ2) is 7.51. The van der Waals surface area contributed by atoms with Crippen LogP contribution in [0.2, 0.25) is 0 Å². The van der Waals surface area contributed by atoms with Crippen molar-refractivity contribution in [3.63, 3.8) is 0 Å². The summed E-state index contributed by atoms with van der Waals surface area (Å²) in [6, 6.07) is 10.7. The third kappa shape index (κ3) is 3.90. The van der Waals surface area contributed by atoms with Crippen LogP contribution in [0.1, 0.15) is 57.5 Å². The number of phenolic OH excluding ortho intramolecular Hbond substituents is 1. The van der Waals surface area contributed by atoms with E-state index >= 15 is 0 Å². The van der Waals surface area contributed by atoms with Gasteiger partial charge >= 0.3 is 0 Å². The van der Waals surface area contributed by atoms with Gasteiger partial charge in [-0.25, -0.2) is 0 Å². The summed E-state index contributed by atoms with van der Waals surface area (Å²) in [4.78, 5) is 22.8. The zero-order chi connectivity index (χ0) is 17.8. The molecular formula is C21H22O4. The van der Waals surface area contributed by atoms with E-state index in [1.54, 1.807) is 25.3 Å². The summed E-state index contributed by atoms with van der Waals surface area (Å²) < 4.78 is 5.10. The zero-order valence-corrected chi connectivity index (χ0v) is 14.4. The highest BCUT2D eigenvalue weighted by Gasteiger charge is 2.17. The largest absolute Gasteiger partial charge is 0.508 e. The summed E-state index contributed by atoms with van der Waals surface area (Å²) in [5, 5.41) is 9.16. The van der Waals surface area contributed by atoms with Crippen molar-refractivity contribution in [2.75, 3.05) is 7.11 Å². The number of fused-ring (bicyclic) bond motifs is 2. The Hall–Kier alpha value is -2.62. The number of aryl methyl sites for hydroxylation is 2. The first-order valence-corrected chi connectivity index (χ1v) is 8.63. The molecule has 25 heavy (non-hydrogen) atoms. The van der Waals surface area contributed by atoms with Gasteiger partial charge in [-0.1, -0.05) is 0 Å². The first kappa shape index (κ1) is 17.2. The number of phenols is 1. The second-order valence-corrected chi connectivity index (χ2v) is 6.42. The molecule has 0 amide bonds. The van der Waals surface area contributed by atoms with Crippen LogP contribution in [0.15, 0.2) is 36.4 Å². The van der Waals surface area contributed by atoms with Crippen molar-refractivity contribution >= 4 is 11.6 Å². The zero-order valence-electron chi connectivity index (χ0n) is 14.4. The molecule has 0 atom stereocenters. The van der Waals surface area contributed by atoms with E-state index in [1.165, 1.54) is 0 Å². The van der Waals surface area contributed by atoms with E-state index < -0.39 is 0 Å². The van der Waals surface area contributed by atoms with Gasteiger partial charge < -0.3 is 9.84 Å². The number of rotatable bonds is 1. The molecule has 0 unspecified atom stereocenters. The Labute approximate surface area is 147 Å². The van der Waals surface area contributed by atoms with Crippen LogP contribution in [0.5, 0.6) is 11.5 Å². The number of hydrogen-bond acceptors (Lipinski definition) is 4. The maximum absolute atomic E-state index is 11.4. The topological polar surface area (TPSA) is 63.6 Å². The van der Waals surface area contributed by atoms with Gasteiger partial charge in [0.2, 0.25) is 0 Å². The average Bonchev–Trinajstić information content (AvgIpc) is 2.62. The fourth-order valence-electron chi connectivity index (χ4n) is 3.38. The maximum atomic E-state index is 11.4. The molecule has 0 heterocycles.